The van der Waals surface area contributed by atoms with E-state index in [1.165, 1.54) is 0 Å². The van der Waals surface area contributed by atoms with Crippen molar-refractivity contribution < 1.29 is 19.5 Å². The van der Waals surface area contributed by atoms with Crippen molar-refractivity contribution in [3.05, 3.63) is 66.3 Å². The number of aliphatic hydroxyl groups is 1. The molecule has 41 heavy (non-hydrogen) atoms. The average molecular weight is 556 g/mol. The summed E-state index contributed by atoms with van der Waals surface area (Å²) in [5.41, 5.74) is 5.52. The van der Waals surface area contributed by atoms with Crippen LogP contribution in [-0.2, 0) is 4.79 Å². The number of nitrogens with zero attached hydrogens (tertiary/aromatic N) is 6. The van der Waals surface area contributed by atoms with Crippen LogP contribution in [0.25, 0.3) is 33.5 Å². The molecule has 6 rings (SSSR count). The monoisotopic (exact) mass is 555 g/mol. The Labute approximate surface area is 237 Å². The summed E-state index contributed by atoms with van der Waals surface area (Å²) in [6.07, 6.45) is 6.30. The van der Waals surface area contributed by atoms with Crippen LogP contribution in [0.3, 0.4) is 0 Å². The van der Waals surface area contributed by atoms with Crippen molar-refractivity contribution in [3.63, 3.8) is 0 Å². The molecule has 3 N–H and O–H groups in total. The van der Waals surface area contributed by atoms with E-state index in [0.29, 0.717) is 34.6 Å². The first-order valence-electron chi connectivity index (χ1n) is 13.6. The summed E-state index contributed by atoms with van der Waals surface area (Å²) in [7, 11) is 1.00. The van der Waals surface area contributed by atoms with Gasteiger partial charge in [0.1, 0.15) is 29.0 Å². The van der Waals surface area contributed by atoms with Gasteiger partial charge in [-0.3, -0.25) is 0 Å². The van der Waals surface area contributed by atoms with E-state index < -0.39 is 0 Å². The number of benzene rings is 1. The summed E-state index contributed by atoms with van der Waals surface area (Å²) < 4.78 is 5.42. The first-order chi connectivity index (χ1) is 20.0. The Morgan fingerprint density at radius 3 is 2.44 bits per heavy atom. The molecule has 1 aliphatic heterocycles. The molecule has 212 valence electrons. The molecule has 0 saturated carbocycles. The number of fused-ring (bicyclic) bond motifs is 1. The summed E-state index contributed by atoms with van der Waals surface area (Å²) in [6.45, 7) is 5.61. The number of phenols is 1. The number of piperidine rings is 1. The first-order valence-corrected chi connectivity index (χ1v) is 13.6. The zero-order valence-corrected chi connectivity index (χ0v) is 23.2. The highest BCUT2D eigenvalue weighted by atomic mass is 16.5. The number of hydrogen-bond acceptors (Lipinski definition) is 10. The summed E-state index contributed by atoms with van der Waals surface area (Å²) in [4.78, 5) is 26.3. The number of aldehydes is 1. The van der Waals surface area contributed by atoms with Crippen LogP contribution in [0.1, 0.15) is 50.0 Å². The van der Waals surface area contributed by atoms with Gasteiger partial charge in [0, 0.05) is 61.4 Å². The Bertz CT molecular complexity index is 1600. The quantitative estimate of drug-likeness (QED) is 0.241. The molecule has 11 nitrogen and oxygen atoms in total. The van der Waals surface area contributed by atoms with Crippen molar-refractivity contribution in [1.29, 1.82) is 0 Å². The maximum atomic E-state index is 11.4. The number of aromatic nitrogens is 6. The Morgan fingerprint density at radius 2 is 1.76 bits per heavy atom. The number of H-pyrrole nitrogens is 1. The van der Waals surface area contributed by atoms with Crippen LogP contribution in [0.15, 0.2) is 59.4 Å². The number of aliphatic hydroxyl groups excluding tert-OH is 1. The molecular weight excluding hydrogens is 522 g/mol. The Kier molecular flexibility index (Phi) is 8.34. The molecular formula is C30H33N7O4. The summed E-state index contributed by atoms with van der Waals surface area (Å²) in [6, 6.07) is 12.9. The van der Waals surface area contributed by atoms with E-state index >= 15 is 0 Å². The van der Waals surface area contributed by atoms with Crippen molar-refractivity contribution >= 4 is 23.3 Å². The SMILES string of the molecule is CC(C)C(C=O)c1cc(-c2cnc(N3CCC(c4cc5nnc(-c6ccccc6O)cc5[nH]4)CC3)nc2)no1.CO. The molecule has 0 bridgehead atoms. The van der Waals surface area contributed by atoms with E-state index in [1.54, 1.807) is 30.6 Å². The number of hydrogen-bond donors (Lipinski definition) is 3. The van der Waals surface area contributed by atoms with Gasteiger partial charge in [0.05, 0.1) is 17.1 Å². The fraction of sp³-hybridized carbons (Fsp3) is 0.333. The Morgan fingerprint density at radius 1 is 1.02 bits per heavy atom. The minimum Gasteiger partial charge on any atom is -0.507 e. The number of rotatable bonds is 7. The fourth-order valence-electron chi connectivity index (χ4n) is 5.13. The second-order valence-electron chi connectivity index (χ2n) is 10.3. The third kappa shape index (κ3) is 5.80. The van der Waals surface area contributed by atoms with Crippen molar-refractivity contribution in [2.45, 2.75) is 38.5 Å². The number of nitrogens with one attached hydrogen (secondary N) is 1. The van der Waals surface area contributed by atoms with E-state index in [0.717, 1.165) is 61.6 Å². The van der Waals surface area contributed by atoms with Gasteiger partial charge in [-0.2, -0.15) is 0 Å². The third-order valence-electron chi connectivity index (χ3n) is 7.45. The maximum Gasteiger partial charge on any atom is 0.225 e. The molecule has 4 aromatic heterocycles. The normalized spacial score (nSPS) is 14.6. The number of carbonyl (C=O) groups excluding carboxylic acids is 1. The number of anilines is 1. The molecule has 0 amide bonds. The van der Waals surface area contributed by atoms with Crippen molar-refractivity contribution in [2.75, 3.05) is 25.1 Å². The van der Waals surface area contributed by atoms with Gasteiger partial charge in [-0.05, 0) is 43.0 Å². The molecule has 1 aromatic carbocycles. The second-order valence-corrected chi connectivity index (χ2v) is 10.3. The Hall–Kier alpha value is -4.64. The highest BCUT2D eigenvalue weighted by Gasteiger charge is 2.25. The largest absolute Gasteiger partial charge is 0.507 e. The van der Waals surface area contributed by atoms with Gasteiger partial charge in [0.2, 0.25) is 5.95 Å². The van der Waals surface area contributed by atoms with E-state index in [-0.39, 0.29) is 17.6 Å². The van der Waals surface area contributed by atoms with Gasteiger partial charge in [-0.1, -0.05) is 31.1 Å². The fourth-order valence-corrected chi connectivity index (χ4v) is 5.13. The van der Waals surface area contributed by atoms with Crippen molar-refractivity contribution in [3.8, 4) is 28.3 Å². The number of carbonyl (C=O) groups is 1. The predicted molar refractivity (Wildman–Crippen MR) is 154 cm³/mol. The molecule has 5 aromatic rings. The van der Waals surface area contributed by atoms with Crippen LogP contribution in [0.5, 0.6) is 5.75 Å². The maximum absolute atomic E-state index is 11.4. The second kappa shape index (κ2) is 12.3. The third-order valence-corrected chi connectivity index (χ3v) is 7.45. The van der Waals surface area contributed by atoms with E-state index in [4.69, 9.17) is 9.63 Å². The zero-order valence-electron chi connectivity index (χ0n) is 23.2. The molecule has 1 atom stereocenters. The predicted octanol–water partition coefficient (Wildman–Crippen LogP) is 4.71. The van der Waals surface area contributed by atoms with E-state index in [2.05, 4.69) is 41.3 Å². The van der Waals surface area contributed by atoms with Gasteiger partial charge in [-0.15, -0.1) is 10.2 Å². The van der Waals surface area contributed by atoms with Crippen molar-refractivity contribution in [1.82, 2.24) is 30.3 Å². The summed E-state index contributed by atoms with van der Waals surface area (Å²) >= 11 is 0. The molecule has 1 fully saturated rings. The molecule has 1 aliphatic rings. The lowest BCUT2D eigenvalue weighted by molar-refractivity contribution is -0.110. The summed E-state index contributed by atoms with van der Waals surface area (Å²) in [5, 5.41) is 30.0. The van der Waals surface area contributed by atoms with Gasteiger partial charge < -0.3 is 29.4 Å². The van der Waals surface area contributed by atoms with Gasteiger partial charge in [-0.25, -0.2) is 9.97 Å². The Balaban J connectivity index is 0.00000165. The minimum absolute atomic E-state index is 0.128. The molecule has 0 spiro atoms. The number of aromatic hydroxyl groups is 1. The number of aromatic amines is 1. The lowest BCUT2D eigenvalue weighted by Gasteiger charge is -2.31. The van der Waals surface area contributed by atoms with Gasteiger partial charge in [0.15, 0.2) is 0 Å². The topological polar surface area (TPSA) is 154 Å². The molecule has 1 saturated heterocycles. The highest BCUT2D eigenvalue weighted by molar-refractivity contribution is 5.81. The average Bonchev–Trinajstić information content (AvgIpc) is 3.66. The molecule has 0 aliphatic carbocycles. The van der Waals surface area contributed by atoms with Crippen LogP contribution < -0.4 is 4.90 Å². The lowest BCUT2D eigenvalue weighted by Crippen LogP contribution is -2.34. The minimum atomic E-state index is -0.323. The molecule has 1 unspecified atom stereocenters. The van der Waals surface area contributed by atoms with Gasteiger partial charge >= 0.3 is 0 Å². The number of para-hydroxylation sites is 1. The van der Waals surface area contributed by atoms with Crippen LogP contribution in [0.2, 0.25) is 0 Å². The van der Waals surface area contributed by atoms with Crippen LogP contribution >= 0.6 is 0 Å². The first kappa shape index (κ1) is 27.9. The van der Waals surface area contributed by atoms with Gasteiger partial charge in [0.25, 0.3) is 0 Å². The van der Waals surface area contributed by atoms with Crippen LogP contribution in [-0.4, -0.2) is 67.0 Å². The highest BCUT2D eigenvalue weighted by Crippen LogP contribution is 2.33. The standard InChI is InChI=1S/C29H29N7O3.CH4O/c1-17(2)21(16-37)28-13-23(35-39-28)19-14-30-29(31-15-19)36-9-7-18(8-10-36)22-11-26-25(32-22)12-24(33-34-26)20-5-3-4-6-27(20)38;1-2/h3-6,11-18,21,32,38H,7-10H2,1-2H3;2H,1H3. The lowest BCUT2D eigenvalue weighted by atomic mass is 9.94. The van der Waals surface area contributed by atoms with E-state index in [9.17, 15) is 9.90 Å². The molecule has 5 heterocycles. The number of phenolic OH excluding ortho intramolecular Hbond substituents is 1. The molecule has 11 heteroatoms. The van der Waals surface area contributed by atoms with Crippen molar-refractivity contribution in [2.24, 2.45) is 5.92 Å². The summed E-state index contributed by atoms with van der Waals surface area (Å²) in [5.74, 6) is 1.59. The van der Waals surface area contributed by atoms with Crippen LogP contribution in [0.4, 0.5) is 5.95 Å². The van der Waals surface area contributed by atoms with Crippen LogP contribution in [0, 0.1) is 5.92 Å². The molecule has 0 radical (unpaired) electrons. The smallest absolute Gasteiger partial charge is 0.225 e. The van der Waals surface area contributed by atoms with E-state index in [1.807, 2.05) is 32.0 Å². The zero-order chi connectivity index (χ0) is 28.9.